The predicted molar refractivity (Wildman–Crippen MR) is 86.0 cm³/mol. The number of hydrogen-bond acceptors (Lipinski definition) is 4. The van der Waals surface area contributed by atoms with E-state index in [4.69, 9.17) is 4.74 Å². The molecular weight excluding hydrogens is 284 g/mol. The minimum absolute atomic E-state index is 0.379. The fourth-order valence-corrected chi connectivity index (χ4v) is 4.00. The second-order valence-corrected chi connectivity index (χ2v) is 7.38. The molecule has 5 nitrogen and oxygen atoms in total. The first-order chi connectivity index (χ1) is 10.2. The molecule has 0 radical (unpaired) electrons. The highest BCUT2D eigenvalue weighted by Crippen LogP contribution is 2.38. The molecule has 0 amide bonds. The summed E-state index contributed by atoms with van der Waals surface area (Å²) >= 11 is 1.77. The van der Waals surface area contributed by atoms with Crippen LogP contribution >= 0.6 is 11.3 Å². The molecule has 2 aliphatic rings. The van der Waals surface area contributed by atoms with E-state index in [2.05, 4.69) is 27.1 Å². The predicted octanol–water partition coefficient (Wildman–Crippen LogP) is 1.68. The molecule has 6 heteroatoms. The molecule has 3 rings (SSSR count). The van der Waals surface area contributed by atoms with Gasteiger partial charge in [-0.3, -0.25) is 4.99 Å². The standard InChI is InChI=1S/C15H24N4OS/c1-12-9-18-13(21-12)3-6-17-14(16-2)19-7-4-15(10-19)5-8-20-11-15/h9H,3-8,10-11H2,1-2H3,(H,16,17). The van der Waals surface area contributed by atoms with Crippen molar-refractivity contribution in [2.45, 2.75) is 26.2 Å². The minimum atomic E-state index is 0.379. The van der Waals surface area contributed by atoms with Gasteiger partial charge in [0.15, 0.2) is 5.96 Å². The van der Waals surface area contributed by atoms with Gasteiger partial charge >= 0.3 is 0 Å². The van der Waals surface area contributed by atoms with Gasteiger partial charge in [0, 0.05) is 56.2 Å². The van der Waals surface area contributed by atoms with Crippen LogP contribution in [0, 0.1) is 12.3 Å². The van der Waals surface area contributed by atoms with Crippen LogP contribution < -0.4 is 5.32 Å². The quantitative estimate of drug-likeness (QED) is 0.682. The van der Waals surface area contributed by atoms with Gasteiger partial charge in [-0.05, 0) is 19.8 Å². The maximum atomic E-state index is 5.59. The van der Waals surface area contributed by atoms with E-state index in [1.54, 1.807) is 11.3 Å². The van der Waals surface area contributed by atoms with Gasteiger partial charge in [-0.25, -0.2) is 4.98 Å². The Labute approximate surface area is 130 Å². The van der Waals surface area contributed by atoms with Crippen LogP contribution in [0.3, 0.4) is 0 Å². The molecule has 3 heterocycles. The van der Waals surface area contributed by atoms with Crippen molar-refractivity contribution in [2.24, 2.45) is 10.4 Å². The largest absolute Gasteiger partial charge is 0.381 e. The molecule has 21 heavy (non-hydrogen) atoms. The topological polar surface area (TPSA) is 49.8 Å². The van der Waals surface area contributed by atoms with Crippen LogP contribution in [-0.2, 0) is 11.2 Å². The lowest BCUT2D eigenvalue weighted by atomic mass is 9.87. The average Bonchev–Trinajstić information content (AvgIpc) is 3.19. The number of likely N-dealkylation sites (tertiary alicyclic amines) is 1. The smallest absolute Gasteiger partial charge is 0.193 e. The van der Waals surface area contributed by atoms with Crippen molar-refractivity contribution in [1.29, 1.82) is 0 Å². The molecule has 1 aromatic rings. The van der Waals surface area contributed by atoms with Gasteiger partial charge in [0.2, 0.25) is 0 Å². The molecule has 1 N–H and O–H groups in total. The number of ether oxygens (including phenoxy) is 1. The maximum Gasteiger partial charge on any atom is 0.193 e. The third-order valence-electron chi connectivity index (χ3n) is 4.43. The molecule has 2 saturated heterocycles. The summed E-state index contributed by atoms with van der Waals surface area (Å²) in [5.41, 5.74) is 0.379. The van der Waals surface area contributed by atoms with Crippen LogP contribution in [0.4, 0.5) is 0 Å². The highest BCUT2D eigenvalue weighted by Gasteiger charge is 2.42. The average molecular weight is 308 g/mol. The molecule has 2 fully saturated rings. The fraction of sp³-hybridized carbons (Fsp3) is 0.733. The van der Waals surface area contributed by atoms with Crippen molar-refractivity contribution in [3.63, 3.8) is 0 Å². The summed E-state index contributed by atoms with van der Waals surface area (Å²) in [7, 11) is 1.87. The number of guanidine groups is 1. The first-order valence-corrected chi connectivity index (χ1v) is 8.47. The van der Waals surface area contributed by atoms with Crippen molar-refractivity contribution < 1.29 is 4.74 Å². The number of nitrogens with zero attached hydrogens (tertiary/aromatic N) is 3. The summed E-state index contributed by atoms with van der Waals surface area (Å²) in [6.07, 6.45) is 5.32. The molecule has 1 atom stereocenters. The van der Waals surface area contributed by atoms with Crippen LogP contribution in [0.5, 0.6) is 0 Å². The van der Waals surface area contributed by atoms with Gasteiger partial charge < -0.3 is 15.0 Å². The zero-order chi connectivity index (χ0) is 14.7. The molecule has 0 aromatic carbocycles. The third kappa shape index (κ3) is 3.37. The van der Waals surface area contributed by atoms with Crippen molar-refractivity contribution in [2.75, 3.05) is 39.9 Å². The molecular formula is C15H24N4OS. The van der Waals surface area contributed by atoms with E-state index in [1.165, 1.54) is 22.7 Å². The lowest BCUT2D eigenvalue weighted by Crippen LogP contribution is -2.42. The summed E-state index contributed by atoms with van der Waals surface area (Å²) in [6.45, 7) is 6.98. The Bertz CT molecular complexity index is 508. The number of thiazole rings is 1. The van der Waals surface area contributed by atoms with E-state index in [-0.39, 0.29) is 0 Å². The van der Waals surface area contributed by atoms with Gasteiger partial charge in [-0.15, -0.1) is 11.3 Å². The summed E-state index contributed by atoms with van der Waals surface area (Å²) in [5.74, 6) is 1.02. The Morgan fingerprint density at radius 2 is 2.48 bits per heavy atom. The normalized spacial score (nSPS) is 26.0. The summed E-state index contributed by atoms with van der Waals surface area (Å²) < 4.78 is 5.59. The monoisotopic (exact) mass is 308 g/mol. The van der Waals surface area contributed by atoms with Crippen LogP contribution in [0.2, 0.25) is 0 Å². The van der Waals surface area contributed by atoms with E-state index in [0.29, 0.717) is 5.41 Å². The Morgan fingerprint density at radius 3 is 3.14 bits per heavy atom. The highest BCUT2D eigenvalue weighted by atomic mass is 32.1. The second kappa shape index (κ2) is 6.32. The number of aliphatic imine (C=N–C) groups is 1. The fourth-order valence-electron chi connectivity index (χ4n) is 3.22. The summed E-state index contributed by atoms with van der Waals surface area (Å²) in [6, 6.07) is 0. The minimum Gasteiger partial charge on any atom is -0.381 e. The molecule has 0 aliphatic carbocycles. The first kappa shape index (κ1) is 14.8. The van der Waals surface area contributed by atoms with Gasteiger partial charge in [0.25, 0.3) is 0 Å². The van der Waals surface area contributed by atoms with Crippen LogP contribution in [0.1, 0.15) is 22.7 Å². The molecule has 1 spiro atoms. The van der Waals surface area contributed by atoms with E-state index in [1.807, 2.05) is 13.2 Å². The Hall–Kier alpha value is -1.14. The Kier molecular flexibility index (Phi) is 4.45. The van der Waals surface area contributed by atoms with E-state index < -0.39 is 0 Å². The van der Waals surface area contributed by atoms with Gasteiger partial charge in [0.1, 0.15) is 0 Å². The first-order valence-electron chi connectivity index (χ1n) is 7.65. The van der Waals surface area contributed by atoms with Gasteiger partial charge in [-0.1, -0.05) is 0 Å². The number of aryl methyl sites for hydroxylation is 1. The number of nitrogens with one attached hydrogen (secondary N) is 1. The third-order valence-corrected chi connectivity index (χ3v) is 5.40. The highest BCUT2D eigenvalue weighted by molar-refractivity contribution is 7.11. The van der Waals surface area contributed by atoms with Crippen LogP contribution in [-0.4, -0.2) is 55.7 Å². The van der Waals surface area contributed by atoms with Crippen molar-refractivity contribution in [3.05, 3.63) is 16.1 Å². The molecule has 0 saturated carbocycles. The Morgan fingerprint density at radius 1 is 1.57 bits per heavy atom. The number of aromatic nitrogens is 1. The molecule has 1 aromatic heterocycles. The van der Waals surface area contributed by atoms with Gasteiger partial charge in [0.05, 0.1) is 11.6 Å². The zero-order valence-corrected chi connectivity index (χ0v) is 13.7. The number of hydrogen-bond donors (Lipinski definition) is 1. The van der Waals surface area contributed by atoms with E-state index in [0.717, 1.165) is 45.2 Å². The van der Waals surface area contributed by atoms with E-state index >= 15 is 0 Å². The lowest BCUT2D eigenvalue weighted by Gasteiger charge is -2.24. The van der Waals surface area contributed by atoms with E-state index in [9.17, 15) is 0 Å². The summed E-state index contributed by atoms with van der Waals surface area (Å²) in [5, 5.41) is 4.67. The molecule has 116 valence electrons. The molecule has 1 unspecified atom stereocenters. The molecule has 0 bridgehead atoms. The van der Waals surface area contributed by atoms with Crippen LogP contribution in [0.25, 0.3) is 0 Å². The zero-order valence-electron chi connectivity index (χ0n) is 12.9. The SMILES string of the molecule is CN=C(NCCc1ncc(C)s1)N1CCC2(CCOC2)C1. The maximum absolute atomic E-state index is 5.59. The lowest BCUT2D eigenvalue weighted by molar-refractivity contribution is 0.156. The van der Waals surface area contributed by atoms with Crippen molar-refractivity contribution in [3.8, 4) is 0 Å². The van der Waals surface area contributed by atoms with Crippen molar-refractivity contribution in [1.82, 2.24) is 15.2 Å². The molecule has 2 aliphatic heterocycles. The Balaban J connectivity index is 1.49. The van der Waals surface area contributed by atoms with Crippen LogP contribution in [0.15, 0.2) is 11.2 Å². The second-order valence-electron chi connectivity index (χ2n) is 6.06. The number of rotatable bonds is 3. The van der Waals surface area contributed by atoms with Crippen molar-refractivity contribution >= 4 is 17.3 Å². The van der Waals surface area contributed by atoms with Gasteiger partial charge in [-0.2, -0.15) is 0 Å². The summed E-state index contributed by atoms with van der Waals surface area (Å²) in [4.78, 5) is 12.5.